The number of hydrogen-bond acceptors (Lipinski definition) is 4. The average molecular weight is 226 g/mol. The standard InChI is InChI=1S/C11H22N4O/c1-5-9-10(12)11(15(3)13-9)14(2)7-6-8-16-4/h5-8,12H2,1-4H3. The average Bonchev–Trinajstić information content (AvgIpc) is 2.54. The van der Waals surface area contributed by atoms with Crippen LogP contribution in [0, 0.1) is 0 Å². The van der Waals surface area contributed by atoms with E-state index in [1.54, 1.807) is 7.11 Å². The number of ether oxygens (including phenoxy) is 1. The first-order chi connectivity index (χ1) is 7.61. The first-order valence-electron chi connectivity index (χ1n) is 5.63. The van der Waals surface area contributed by atoms with Crippen molar-refractivity contribution in [3.8, 4) is 0 Å². The Morgan fingerprint density at radius 2 is 2.19 bits per heavy atom. The van der Waals surface area contributed by atoms with Gasteiger partial charge in [0.2, 0.25) is 0 Å². The van der Waals surface area contributed by atoms with Crippen molar-refractivity contribution in [2.45, 2.75) is 19.8 Å². The van der Waals surface area contributed by atoms with Crippen molar-refractivity contribution >= 4 is 11.5 Å². The van der Waals surface area contributed by atoms with Gasteiger partial charge >= 0.3 is 0 Å². The zero-order chi connectivity index (χ0) is 12.1. The monoisotopic (exact) mass is 226 g/mol. The molecule has 0 unspecified atom stereocenters. The zero-order valence-corrected chi connectivity index (χ0v) is 10.7. The van der Waals surface area contributed by atoms with Gasteiger partial charge in [-0.15, -0.1) is 0 Å². The van der Waals surface area contributed by atoms with E-state index >= 15 is 0 Å². The molecule has 5 nitrogen and oxygen atoms in total. The van der Waals surface area contributed by atoms with E-state index in [9.17, 15) is 0 Å². The molecule has 0 amide bonds. The van der Waals surface area contributed by atoms with Gasteiger partial charge < -0.3 is 15.4 Å². The van der Waals surface area contributed by atoms with Crippen molar-refractivity contribution in [1.29, 1.82) is 0 Å². The molecule has 0 fully saturated rings. The maximum atomic E-state index is 6.06. The number of aryl methyl sites for hydroxylation is 2. The van der Waals surface area contributed by atoms with Crippen molar-refractivity contribution in [2.75, 3.05) is 37.9 Å². The molecule has 0 bridgehead atoms. The third-order valence-corrected chi connectivity index (χ3v) is 2.67. The van der Waals surface area contributed by atoms with Crippen molar-refractivity contribution in [3.63, 3.8) is 0 Å². The summed E-state index contributed by atoms with van der Waals surface area (Å²) in [4.78, 5) is 2.13. The number of aromatic nitrogens is 2. The van der Waals surface area contributed by atoms with Crippen LogP contribution in [0.5, 0.6) is 0 Å². The normalized spacial score (nSPS) is 10.8. The van der Waals surface area contributed by atoms with Crippen LogP contribution in [0.25, 0.3) is 0 Å². The summed E-state index contributed by atoms with van der Waals surface area (Å²) < 4.78 is 6.88. The number of nitrogens with two attached hydrogens (primary N) is 1. The lowest BCUT2D eigenvalue weighted by Gasteiger charge is -2.19. The fourth-order valence-electron chi connectivity index (χ4n) is 1.85. The molecule has 5 heteroatoms. The third-order valence-electron chi connectivity index (χ3n) is 2.67. The van der Waals surface area contributed by atoms with Crippen LogP contribution in [0.2, 0.25) is 0 Å². The van der Waals surface area contributed by atoms with Crippen LogP contribution in [0.3, 0.4) is 0 Å². The van der Waals surface area contributed by atoms with E-state index in [1.165, 1.54) is 0 Å². The number of nitrogens with zero attached hydrogens (tertiary/aromatic N) is 3. The van der Waals surface area contributed by atoms with E-state index in [-0.39, 0.29) is 0 Å². The van der Waals surface area contributed by atoms with E-state index in [4.69, 9.17) is 10.5 Å². The fraction of sp³-hybridized carbons (Fsp3) is 0.727. The Balaban J connectivity index is 2.74. The molecule has 1 heterocycles. The van der Waals surface area contributed by atoms with Gasteiger partial charge in [-0.1, -0.05) is 6.92 Å². The van der Waals surface area contributed by atoms with Gasteiger partial charge in [0, 0.05) is 34.4 Å². The molecular formula is C11H22N4O. The van der Waals surface area contributed by atoms with E-state index in [0.29, 0.717) is 0 Å². The zero-order valence-electron chi connectivity index (χ0n) is 10.7. The van der Waals surface area contributed by atoms with E-state index in [0.717, 1.165) is 43.2 Å². The highest BCUT2D eigenvalue weighted by Gasteiger charge is 2.15. The van der Waals surface area contributed by atoms with Crippen LogP contribution in [0.4, 0.5) is 11.5 Å². The second-order valence-corrected chi connectivity index (χ2v) is 3.93. The second kappa shape index (κ2) is 5.75. The predicted octanol–water partition coefficient (Wildman–Crippen LogP) is 1.04. The molecule has 0 saturated carbocycles. The molecule has 92 valence electrons. The van der Waals surface area contributed by atoms with Crippen LogP contribution in [-0.2, 0) is 18.2 Å². The molecular weight excluding hydrogens is 204 g/mol. The maximum Gasteiger partial charge on any atom is 0.150 e. The summed E-state index contributed by atoms with van der Waals surface area (Å²) in [6.07, 6.45) is 1.85. The summed E-state index contributed by atoms with van der Waals surface area (Å²) in [6.45, 7) is 3.75. The van der Waals surface area contributed by atoms with E-state index in [2.05, 4.69) is 16.9 Å². The predicted molar refractivity (Wildman–Crippen MR) is 66.8 cm³/mol. The summed E-state index contributed by atoms with van der Waals surface area (Å²) in [5.74, 6) is 0.993. The molecule has 0 aliphatic rings. The summed E-state index contributed by atoms with van der Waals surface area (Å²) in [5, 5.41) is 4.40. The van der Waals surface area contributed by atoms with E-state index in [1.807, 2.05) is 18.8 Å². The largest absolute Gasteiger partial charge is 0.394 e. The molecule has 0 aliphatic heterocycles. The molecule has 0 radical (unpaired) electrons. The summed E-state index contributed by atoms with van der Waals surface area (Å²) >= 11 is 0. The highest BCUT2D eigenvalue weighted by molar-refractivity contribution is 5.66. The number of hydrogen-bond donors (Lipinski definition) is 1. The minimum atomic E-state index is 0.767. The molecule has 1 rings (SSSR count). The molecule has 0 atom stereocenters. The Labute approximate surface area is 97.2 Å². The van der Waals surface area contributed by atoms with Gasteiger partial charge in [-0.05, 0) is 12.8 Å². The molecule has 0 aromatic carbocycles. The quantitative estimate of drug-likeness (QED) is 0.736. The van der Waals surface area contributed by atoms with Crippen molar-refractivity contribution in [2.24, 2.45) is 7.05 Å². The molecule has 2 N–H and O–H groups in total. The van der Waals surface area contributed by atoms with Crippen molar-refractivity contribution < 1.29 is 4.74 Å². The first-order valence-corrected chi connectivity index (χ1v) is 5.63. The Kier molecular flexibility index (Phi) is 4.61. The second-order valence-electron chi connectivity index (χ2n) is 3.93. The summed E-state index contributed by atoms with van der Waals surface area (Å²) in [7, 11) is 5.67. The Bertz CT molecular complexity index is 335. The smallest absolute Gasteiger partial charge is 0.150 e. The SMILES string of the molecule is CCc1nn(C)c(N(C)CCCOC)c1N. The molecule has 1 aromatic rings. The Morgan fingerprint density at radius 3 is 2.69 bits per heavy atom. The first kappa shape index (κ1) is 12.8. The third kappa shape index (κ3) is 2.66. The van der Waals surface area contributed by atoms with Crippen LogP contribution in [0.15, 0.2) is 0 Å². The van der Waals surface area contributed by atoms with Crippen LogP contribution in [0.1, 0.15) is 19.0 Å². The Morgan fingerprint density at radius 1 is 1.50 bits per heavy atom. The number of nitrogen functional groups attached to an aromatic ring is 1. The number of anilines is 2. The summed E-state index contributed by atoms with van der Waals surface area (Å²) in [5.41, 5.74) is 7.83. The fourth-order valence-corrected chi connectivity index (χ4v) is 1.85. The van der Waals surface area contributed by atoms with Gasteiger partial charge in [-0.25, -0.2) is 0 Å². The van der Waals surface area contributed by atoms with Crippen LogP contribution < -0.4 is 10.6 Å². The van der Waals surface area contributed by atoms with Gasteiger partial charge in [0.25, 0.3) is 0 Å². The number of rotatable bonds is 6. The lowest BCUT2D eigenvalue weighted by molar-refractivity contribution is 0.196. The van der Waals surface area contributed by atoms with Gasteiger partial charge in [0.1, 0.15) is 5.82 Å². The minimum Gasteiger partial charge on any atom is -0.394 e. The molecule has 1 aromatic heterocycles. The van der Waals surface area contributed by atoms with Gasteiger partial charge in [0.15, 0.2) is 0 Å². The van der Waals surface area contributed by atoms with Gasteiger partial charge in [-0.3, -0.25) is 4.68 Å². The Hall–Kier alpha value is -1.23. The molecule has 0 spiro atoms. The van der Waals surface area contributed by atoms with Crippen LogP contribution in [-0.4, -0.2) is 37.1 Å². The number of methoxy groups -OCH3 is 1. The molecule has 0 aliphatic carbocycles. The summed E-state index contributed by atoms with van der Waals surface area (Å²) in [6, 6.07) is 0. The topological polar surface area (TPSA) is 56.3 Å². The van der Waals surface area contributed by atoms with Crippen LogP contribution >= 0.6 is 0 Å². The molecule has 16 heavy (non-hydrogen) atoms. The molecule has 0 saturated heterocycles. The lowest BCUT2D eigenvalue weighted by Crippen LogP contribution is -2.23. The van der Waals surface area contributed by atoms with E-state index < -0.39 is 0 Å². The maximum absolute atomic E-state index is 6.06. The van der Waals surface area contributed by atoms with Crippen molar-refractivity contribution in [3.05, 3.63) is 5.69 Å². The van der Waals surface area contributed by atoms with Crippen molar-refractivity contribution in [1.82, 2.24) is 9.78 Å². The van der Waals surface area contributed by atoms with Gasteiger partial charge in [0.05, 0.1) is 11.4 Å². The highest BCUT2D eigenvalue weighted by atomic mass is 16.5. The lowest BCUT2D eigenvalue weighted by atomic mass is 10.3. The van der Waals surface area contributed by atoms with Gasteiger partial charge in [-0.2, -0.15) is 5.10 Å². The highest BCUT2D eigenvalue weighted by Crippen LogP contribution is 2.25. The minimum absolute atomic E-state index is 0.767.